The highest BCUT2D eigenvalue weighted by molar-refractivity contribution is 5.76. The van der Waals surface area contributed by atoms with Gasteiger partial charge in [0.05, 0.1) is 13.2 Å². The van der Waals surface area contributed by atoms with E-state index in [0.29, 0.717) is 18.9 Å². The van der Waals surface area contributed by atoms with Crippen LogP contribution in [0.25, 0.3) is 0 Å². The molecule has 0 aromatic heterocycles. The minimum atomic E-state index is 0.163. The molecule has 0 saturated carbocycles. The second-order valence-corrected chi connectivity index (χ2v) is 7.83. The molecule has 0 unspecified atom stereocenters. The predicted molar refractivity (Wildman–Crippen MR) is 102 cm³/mol. The van der Waals surface area contributed by atoms with Gasteiger partial charge in [-0.1, -0.05) is 18.2 Å². The number of hydrogen-bond donors (Lipinski definition) is 1. The number of hydrogen-bond acceptors (Lipinski definition) is 4. The number of carbonyl (C=O) groups excluding carboxylic acids is 1. The Labute approximate surface area is 156 Å². The molecular formula is C21H32N2O3. The van der Waals surface area contributed by atoms with Gasteiger partial charge in [0.2, 0.25) is 5.91 Å². The minimum Gasteiger partial charge on any atom is -0.396 e. The van der Waals surface area contributed by atoms with Crippen LogP contribution in [-0.4, -0.2) is 73.4 Å². The molecule has 5 nitrogen and oxygen atoms in total. The van der Waals surface area contributed by atoms with Gasteiger partial charge in [0.25, 0.3) is 0 Å². The Kier molecular flexibility index (Phi) is 6.68. The second-order valence-electron chi connectivity index (χ2n) is 7.83. The van der Waals surface area contributed by atoms with Crippen molar-refractivity contribution in [2.24, 2.45) is 11.8 Å². The summed E-state index contributed by atoms with van der Waals surface area (Å²) in [6.45, 7) is 10.3. The average molecular weight is 360 g/mol. The van der Waals surface area contributed by atoms with Gasteiger partial charge in [0, 0.05) is 51.7 Å². The van der Waals surface area contributed by atoms with Gasteiger partial charge in [-0.15, -0.1) is 0 Å². The zero-order chi connectivity index (χ0) is 18.5. The van der Waals surface area contributed by atoms with Gasteiger partial charge in [0.15, 0.2) is 0 Å². The Morgan fingerprint density at radius 3 is 2.58 bits per heavy atom. The first kappa shape index (κ1) is 19.3. The highest BCUT2D eigenvalue weighted by atomic mass is 16.5. The summed E-state index contributed by atoms with van der Waals surface area (Å²) < 4.78 is 5.41. The Morgan fingerprint density at radius 1 is 1.15 bits per heavy atom. The van der Waals surface area contributed by atoms with Crippen molar-refractivity contribution in [2.75, 3.05) is 52.5 Å². The molecule has 2 aliphatic heterocycles. The van der Waals surface area contributed by atoms with Crippen LogP contribution < -0.4 is 0 Å². The van der Waals surface area contributed by atoms with E-state index in [-0.39, 0.29) is 18.4 Å². The molecule has 2 aliphatic rings. The third-order valence-electron chi connectivity index (χ3n) is 5.96. The molecule has 0 bridgehead atoms. The molecule has 0 radical (unpaired) electrons. The summed E-state index contributed by atoms with van der Waals surface area (Å²) in [5.74, 6) is 0.776. The molecule has 1 N–H and O–H groups in total. The van der Waals surface area contributed by atoms with E-state index in [1.165, 1.54) is 16.7 Å². The van der Waals surface area contributed by atoms with Crippen LogP contribution in [0.3, 0.4) is 0 Å². The van der Waals surface area contributed by atoms with Crippen LogP contribution >= 0.6 is 0 Å². The molecule has 2 fully saturated rings. The lowest BCUT2D eigenvalue weighted by molar-refractivity contribution is -0.130. The van der Waals surface area contributed by atoms with Gasteiger partial charge >= 0.3 is 0 Å². The number of aryl methyl sites for hydroxylation is 3. The smallest absolute Gasteiger partial charge is 0.222 e. The quantitative estimate of drug-likeness (QED) is 0.838. The Balaban J connectivity index is 1.51. The molecule has 26 heavy (non-hydrogen) atoms. The molecule has 144 valence electrons. The lowest BCUT2D eigenvalue weighted by Crippen LogP contribution is -2.41. The van der Waals surface area contributed by atoms with Gasteiger partial charge in [-0.2, -0.15) is 0 Å². The van der Waals surface area contributed by atoms with Gasteiger partial charge in [0.1, 0.15) is 0 Å². The fraction of sp³-hybridized carbons (Fsp3) is 0.667. The summed E-state index contributed by atoms with van der Waals surface area (Å²) in [5, 5.41) is 9.75. The van der Waals surface area contributed by atoms with Crippen LogP contribution in [0.15, 0.2) is 18.2 Å². The summed E-state index contributed by atoms with van der Waals surface area (Å²) in [6, 6.07) is 6.44. The fourth-order valence-corrected chi connectivity index (χ4v) is 4.04. The summed E-state index contributed by atoms with van der Waals surface area (Å²) in [5.41, 5.74) is 3.79. The number of benzene rings is 1. The minimum absolute atomic E-state index is 0.163. The van der Waals surface area contributed by atoms with E-state index in [1.807, 2.05) is 4.90 Å². The van der Waals surface area contributed by atoms with Crippen LogP contribution in [0, 0.1) is 25.7 Å². The molecular weight excluding hydrogens is 328 g/mol. The number of morpholine rings is 1. The number of aliphatic hydroxyl groups excluding tert-OH is 1. The molecule has 0 spiro atoms. The molecule has 5 heteroatoms. The fourth-order valence-electron chi connectivity index (χ4n) is 4.04. The van der Waals surface area contributed by atoms with Gasteiger partial charge in [-0.05, 0) is 42.9 Å². The van der Waals surface area contributed by atoms with Crippen molar-refractivity contribution in [3.63, 3.8) is 0 Å². The van der Waals surface area contributed by atoms with E-state index in [2.05, 4.69) is 36.9 Å². The van der Waals surface area contributed by atoms with E-state index in [1.54, 1.807) is 0 Å². The van der Waals surface area contributed by atoms with Crippen molar-refractivity contribution < 1.29 is 14.6 Å². The number of nitrogens with zero attached hydrogens (tertiary/aromatic N) is 2. The zero-order valence-electron chi connectivity index (χ0n) is 16.1. The number of likely N-dealkylation sites (tertiary alicyclic amines) is 1. The zero-order valence-corrected chi connectivity index (χ0v) is 16.1. The van der Waals surface area contributed by atoms with Crippen LogP contribution in [0.4, 0.5) is 0 Å². The van der Waals surface area contributed by atoms with Crippen LogP contribution in [-0.2, 0) is 16.0 Å². The van der Waals surface area contributed by atoms with E-state index in [0.717, 1.165) is 45.8 Å². The van der Waals surface area contributed by atoms with Crippen molar-refractivity contribution >= 4 is 5.91 Å². The molecule has 2 heterocycles. The average Bonchev–Trinajstić information content (AvgIpc) is 3.06. The number of rotatable bonds is 6. The Bertz CT molecular complexity index is 613. The summed E-state index contributed by atoms with van der Waals surface area (Å²) in [7, 11) is 0. The number of carbonyl (C=O) groups is 1. The monoisotopic (exact) mass is 360 g/mol. The topological polar surface area (TPSA) is 53.0 Å². The van der Waals surface area contributed by atoms with E-state index in [4.69, 9.17) is 4.74 Å². The summed E-state index contributed by atoms with van der Waals surface area (Å²) in [6.07, 6.45) is 1.33. The standard InChI is InChI=1S/C21H32N2O3/c1-16-3-4-18(11-17(16)2)5-6-21(25)23-13-19(20(14-23)15-24)12-22-7-9-26-10-8-22/h3-4,11,19-20,24H,5-10,12-15H2,1-2H3/t19-,20-/m1/s1. The van der Waals surface area contributed by atoms with E-state index < -0.39 is 0 Å². The van der Waals surface area contributed by atoms with Crippen LogP contribution in [0.2, 0.25) is 0 Å². The second kappa shape index (κ2) is 8.98. The van der Waals surface area contributed by atoms with Gasteiger partial charge < -0.3 is 14.7 Å². The van der Waals surface area contributed by atoms with Crippen LogP contribution in [0.5, 0.6) is 0 Å². The molecule has 3 rings (SSSR count). The third kappa shape index (κ3) is 4.84. The van der Waals surface area contributed by atoms with Gasteiger partial charge in [-0.25, -0.2) is 0 Å². The molecule has 1 amide bonds. The van der Waals surface area contributed by atoms with Crippen molar-refractivity contribution in [2.45, 2.75) is 26.7 Å². The first-order valence-corrected chi connectivity index (χ1v) is 9.81. The lowest BCUT2D eigenvalue weighted by atomic mass is 9.96. The summed E-state index contributed by atoms with van der Waals surface area (Å²) in [4.78, 5) is 17.0. The SMILES string of the molecule is Cc1ccc(CCC(=O)N2C[C@@H](CN3CCOCC3)[C@@H](CO)C2)cc1C. The molecule has 2 atom stereocenters. The van der Waals surface area contributed by atoms with Gasteiger partial charge in [-0.3, -0.25) is 9.69 Å². The van der Waals surface area contributed by atoms with Crippen LogP contribution in [0.1, 0.15) is 23.1 Å². The molecule has 2 saturated heterocycles. The Morgan fingerprint density at radius 2 is 1.88 bits per heavy atom. The predicted octanol–water partition coefficient (Wildman–Crippen LogP) is 1.64. The third-order valence-corrected chi connectivity index (χ3v) is 5.96. The maximum absolute atomic E-state index is 12.7. The van der Waals surface area contributed by atoms with E-state index in [9.17, 15) is 9.90 Å². The number of aliphatic hydroxyl groups is 1. The number of amides is 1. The highest BCUT2D eigenvalue weighted by Gasteiger charge is 2.35. The van der Waals surface area contributed by atoms with Crippen molar-refractivity contribution in [3.05, 3.63) is 34.9 Å². The lowest BCUT2D eigenvalue weighted by Gasteiger charge is -2.30. The van der Waals surface area contributed by atoms with Crippen molar-refractivity contribution in [3.8, 4) is 0 Å². The number of ether oxygens (including phenoxy) is 1. The molecule has 1 aromatic rings. The first-order chi connectivity index (χ1) is 12.6. The van der Waals surface area contributed by atoms with Crippen molar-refractivity contribution in [1.29, 1.82) is 0 Å². The Hall–Kier alpha value is -1.43. The molecule has 0 aliphatic carbocycles. The molecule has 1 aromatic carbocycles. The van der Waals surface area contributed by atoms with E-state index >= 15 is 0 Å². The maximum Gasteiger partial charge on any atom is 0.222 e. The first-order valence-electron chi connectivity index (χ1n) is 9.81. The normalized spacial score (nSPS) is 24.2. The summed E-state index contributed by atoms with van der Waals surface area (Å²) >= 11 is 0. The highest BCUT2D eigenvalue weighted by Crippen LogP contribution is 2.25. The largest absolute Gasteiger partial charge is 0.396 e. The van der Waals surface area contributed by atoms with Crippen molar-refractivity contribution in [1.82, 2.24) is 9.80 Å². The maximum atomic E-state index is 12.7.